The van der Waals surface area contributed by atoms with Crippen LogP contribution in [0.1, 0.15) is 38.7 Å². The molecule has 0 fully saturated rings. The lowest BCUT2D eigenvalue weighted by molar-refractivity contribution is -0.119. The molecule has 0 aromatic heterocycles. The van der Waals surface area contributed by atoms with Gasteiger partial charge in [-0.05, 0) is 30.0 Å². The van der Waals surface area contributed by atoms with Gasteiger partial charge >= 0.3 is 0 Å². The van der Waals surface area contributed by atoms with Crippen molar-refractivity contribution < 1.29 is 9.53 Å². The van der Waals surface area contributed by atoms with Crippen LogP contribution in [0.3, 0.4) is 0 Å². The zero-order chi connectivity index (χ0) is 12.7. The van der Waals surface area contributed by atoms with Gasteiger partial charge in [-0.2, -0.15) is 0 Å². The van der Waals surface area contributed by atoms with E-state index in [4.69, 9.17) is 4.74 Å². The van der Waals surface area contributed by atoms with Crippen LogP contribution in [-0.4, -0.2) is 12.9 Å². The molecule has 1 unspecified atom stereocenters. The number of hydrogen-bond donors (Lipinski definition) is 0. The summed E-state index contributed by atoms with van der Waals surface area (Å²) in [5, 5.41) is 0. The van der Waals surface area contributed by atoms with E-state index in [0.29, 0.717) is 24.5 Å². The highest BCUT2D eigenvalue weighted by Gasteiger charge is 2.07. The van der Waals surface area contributed by atoms with E-state index in [0.717, 1.165) is 18.6 Å². The molecule has 1 aromatic rings. The fourth-order valence-electron chi connectivity index (χ4n) is 1.71. The molecule has 0 aliphatic heterocycles. The summed E-state index contributed by atoms with van der Waals surface area (Å²) < 4.78 is 5.10. The van der Waals surface area contributed by atoms with Crippen molar-refractivity contribution in [2.45, 2.75) is 39.5 Å². The molecule has 0 aliphatic rings. The Morgan fingerprint density at radius 1 is 1.29 bits per heavy atom. The average Bonchev–Trinajstić information content (AvgIpc) is 2.36. The third-order valence-corrected chi connectivity index (χ3v) is 3.12. The van der Waals surface area contributed by atoms with Gasteiger partial charge in [0.05, 0.1) is 7.11 Å². The second-order valence-corrected chi connectivity index (χ2v) is 4.60. The molecule has 94 valence electrons. The number of aryl methyl sites for hydroxylation is 1. The quantitative estimate of drug-likeness (QED) is 0.720. The summed E-state index contributed by atoms with van der Waals surface area (Å²) in [6.07, 6.45) is 3.27. The molecule has 0 bridgehead atoms. The number of Topliss-reactive ketones (excluding diaryl/α,β-unsaturated/α-hetero) is 1. The minimum Gasteiger partial charge on any atom is -0.497 e. The van der Waals surface area contributed by atoms with E-state index in [-0.39, 0.29) is 0 Å². The first kappa shape index (κ1) is 13.8. The van der Waals surface area contributed by atoms with Crippen LogP contribution in [-0.2, 0) is 11.2 Å². The van der Waals surface area contributed by atoms with E-state index in [1.807, 2.05) is 24.3 Å². The number of carbonyl (C=O) groups is 1. The summed E-state index contributed by atoms with van der Waals surface area (Å²) in [4.78, 5) is 11.7. The van der Waals surface area contributed by atoms with Crippen LogP contribution in [0.15, 0.2) is 24.3 Å². The number of ether oxygens (including phenoxy) is 1. The summed E-state index contributed by atoms with van der Waals surface area (Å²) in [5.41, 5.74) is 1.20. The minimum absolute atomic E-state index is 0.371. The lowest BCUT2D eigenvalue weighted by Crippen LogP contribution is -2.05. The van der Waals surface area contributed by atoms with E-state index in [1.165, 1.54) is 5.56 Å². The highest BCUT2D eigenvalue weighted by Crippen LogP contribution is 2.14. The molecule has 2 heteroatoms. The molecular weight excluding hydrogens is 212 g/mol. The van der Waals surface area contributed by atoms with Crippen LogP contribution in [0.2, 0.25) is 0 Å². The molecule has 0 saturated heterocycles. The first-order valence-electron chi connectivity index (χ1n) is 6.30. The van der Waals surface area contributed by atoms with Gasteiger partial charge in [0.15, 0.2) is 0 Å². The van der Waals surface area contributed by atoms with Crippen molar-refractivity contribution in [3.63, 3.8) is 0 Å². The lowest BCUT2D eigenvalue weighted by atomic mass is 9.98. The molecule has 17 heavy (non-hydrogen) atoms. The monoisotopic (exact) mass is 234 g/mol. The Morgan fingerprint density at radius 3 is 2.47 bits per heavy atom. The Kier molecular flexibility index (Phi) is 5.75. The summed E-state index contributed by atoms with van der Waals surface area (Å²) in [7, 11) is 1.66. The maximum Gasteiger partial charge on any atom is 0.133 e. The summed E-state index contributed by atoms with van der Waals surface area (Å²) in [6.45, 7) is 4.26. The fourth-order valence-corrected chi connectivity index (χ4v) is 1.71. The molecule has 0 heterocycles. The molecule has 0 amide bonds. The maximum atomic E-state index is 11.7. The van der Waals surface area contributed by atoms with Gasteiger partial charge in [-0.25, -0.2) is 0 Å². The Balaban J connectivity index is 2.36. The summed E-state index contributed by atoms with van der Waals surface area (Å²) in [5.74, 6) is 1.74. The SMILES string of the molecule is CCC(C)CC(=O)CCc1ccc(OC)cc1. The van der Waals surface area contributed by atoms with E-state index >= 15 is 0 Å². The maximum absolute atomic E-state index is 11.7. The molecule has 1 atom stereocenters. The smallest absolute Gasteiger partial charge is 0.133 e. The predicted molar refractivity (Wildman–Crippen MR) is 70.4 cm³/mol. The Morgan fingerprint density at radius 2 is 1.94 bits per heavy atom. The molecular formula is C15H22O2. The number of rotatable bonds is 7. The van der Waals surface area contributed by atoms with Gasteiger partial charge in [0.1, 0.15) is 11.5 Å². The molecule has 0 radical (unpaired) electrons. The third-order valence-electron chi connectivity index (χ3n) is 3.12. The van der Waals surface area contributed by atoms with E-state index in [2.05, 4.69) is 13.8 Å². The number of benzene rings is 1. The van der Waals surface area contributed by atoms with Crippen molar-refractivity contribution in [1.29, 1.82) is 0 Å². The molecule has 1 aromatic carbocycles. The lowest BCUT2D eigenvalue weighted by Gasteiger charge is -2.07. The molecule has 0 aliphatic carbocycles. The van der Waals surface area contributed by atoms with Gasteiger partial charge in [0, 0.05) is 12.8 Å². The molecule has 2 nitrogen and oxygen atoms in total. The van der Waals surface area contributed by atoms with Crippen LogP contribution in [0.4, 0.5) is 0 Å². The van der Waals surface area contributed by atoms with Crippen molar-refractivity contribution in [2.24, 2.45) is 5.92 Å². The number of methoxy groups -OCH3 is 1. The van der Waals surface area contributed by atoms with Crippen LogP contribution in [0.25, 0.3) is 0 Å². The molecule has 0 N–H and O–H groups in total. The topological polar surface area (TPSA) is 26.3 Å². The first-order valence-corrected chi connectivity index (χ1v) is 6.30. The van der Waals surface area contributed by atoms with Gasteiger partial charge < -0.3 is 4.74 Å². The summed E-state index contributed by atoms with van der Waals surface area (Å²) >= 11 is 0. The van der Waals surface area contributed by atoms with E-state index in [9.17, 15) is 4.79 Å². The van der Waals surface area contributed by atoms with Crippen LogP contribution in [0.5, 0.6) is 5.75 Å². The van der Waals surface area contributed by atoms with E-state index in [1.54, 1.807) is 7.11 Å². The normalized spacial score (nSPS) is 12.2. The number of hydrogen-bond acceptors (Lipinski definition) is 2. The average molecular weight is 234 g/mol. The minimum atomic E-state index is 0.371. The van der Waals surface area contributed by atoms with Crippen LogP contribution in [0, 0.1) is 5.92 Å². The Labute approximate surface area is 104 Å². The largest absolute Gasteiger partial charge is 0.497 e. The second-order valence-electron chi connectivity index (χ2n) is 4.60. The first-order chi connectivity index (χ1) is 8.15. The molecule has 1 rings (SSSR count). The molecule has 0 spiro atoms. The fraction of sp³-hybridized carbons (Fsp3) is 0.533. The van der Waals surface area contributed by atoms with Crippen molar-refractivity contribution in [1.82, 2.24) is 0 Å². The standard InChI is InChI=1S/C15H22O2/c1-4-12(2)11-14(16)8-5-13-6-9-15(17-3)10-7-13/h6-7,9-10,12H,4-5,8,11H2,1-3H3. The van der Waals surface area contributed by atoms with Crippen LogP contribution >= 0.6 is 0 Å². The van der Waals surface area contributed by atoms with Crippen molar-refractivity contribution in [3.8, 4) is 5.75 Å². The van der Waals surface area contributed by atoms with Gasteiger partial charge in [-0.15, -0.1) is 0 Å². The predicted octanol–water partition coefficient (Wildman–Crippen LogP) is 3.63. The van der Waals surface area contributed by atoms with Crippen LogP contribution < -0.4 is 4.74 Å². The highest BCUT2D eigenvalue weighted by molar-refractivity contribution is 5.78. The number of carbonyl (C=O) groups excluding carboxylic acids is 1. The van der Waals surface area contributed by atoms with Crippen molar-refractivity contribution in [2.75, 3.05) is 7.11 Å². The highest BCUT2D eigenvalue weighted by atomic mass is 16.5. The second kappa shape index (κ2) is 7.10. The Hall–Kier alpha value is -1.31. The van der Waals surface area contributed by atoms with Gasteiger partial charge in [0.25, 0.3) is 0 Å². The van der Waals surface area contributed by atoms with Crippen molar-refractivity contribution >= 4 is 5.78 Å². The van der Waals surface area contributed by atoms with Gasteiger partial charge in [0.2, 0.25) is 0 Å². The third kappa shape index (κ3) is 5.03. The van der Waals surface area contributed by atoms with Gasteiger partial charge in [-0.3, -0.25) is 4.79 Å². The van der Waals surface area contributed by atoms with Crippen molar-refractivity contribution in [3.05, 3.63) is 29.8 Å². The molecule has 0 saturated carbocycles. The van der Waals surface area contributed by atoms with E-state index < -0.39 is 0 Å². The van der Waals surface area contributed by atoms with Gasteiger partial charge in [-0.1, -0.05) is 32.4 Å². The zero-order valence-electron chi connectivity index (χ0n) is 11.0. The number of ketones is 1. The summed E-state index contributed by atoms with van der Waals surface area (Å²) in [6, 6.07) is 7.92. The Bertz CT molecular complexity index is 340. The zero-order valence-corrected chi connectivity index (χ0v) is 11.0.